The Morgan fingerprint density at radius 3 is 1.65 bits per heavy atom. The van der Waals surface area contributed by atoms with Gasteiger partial charge in [0.05, 0.1) is 30.7 Å². The molecule has 0 aromatic rings. The number of nitrogens with one attached hydrogen (secondary N) is 3. The second-order valence-corrected chi connectivity index (χ2v) is 11.7. The molecule has 37 heavy (non-hydrogen) atoms. The van der Waals surface area contributed by atoms with E-state index in [1.807, 2.05) is 27.7 Å². The Kier molecular flexibility index (Phi) is 16.4. The van der Waals surface area contributed by atoms with Crippen molar-refractivity contribution in [2.75, 3.05) is 0 Å². The molecule has 12 heteroatoms. The summed E-state index contributed by atoms with van der Waals surface area (Å²) in [5.74, 6) is -2.54. The quantitative estimate of drug-likeness (QED) is 0.157. The largest absolute Gasteiger partial charge is 1.00 e. The number of aliphatic carboxylic acids is 1. The molecule has 11 nitrogen and oxygen atoms in total. The molecular weight excluding hydrogens is 477 g/mol. The van der Waals surface area contributed by atoms with Crippen molar-refractivity contribution in [1.82, 2.24) is 16.0 Å². The number of carboxylic acids is 1. The van der Waals surface area contributed by atoms with E-state index < -0.39 is 65.7 Å². The predicted octanol–water partition coefficient (Wildman–Crippen LogP) is -2.39. The van der Waals surface area contributed by atoms with Gasteiger partial charge in [-0.1, -0.05) is 27.7 Å². The van der Waals surface area contributed by atoms with Crippen molar-refractivity contribution in [1.29, 1.82) is 0 Å². The van der Waals surface area contributed by atoms with Gasteiger partial charge in [0.1, 0.15) is 11.1 Å². The number of aliphatic hydroxyl groups is 2. The minimum atomic E-state index is -1.44. The third-order valence-corrected chi connectivity index (χ3v) is 5.19. The number of alkyl carbamates (subject to hydrolysis) is 1. The smallest absolute Gasteiger partial charge is 0.550 e. The molecule has 0 aliphatic carbocycles. The zero-order valence-electron chi connectivity index (χ0n) is 24.1. The Balaban J connectivity index is 0. The van der Waals surface area contributed by atoms with Crippen LogP contribution in [0, 0.1) is 11.8 Å². The molecular formula is C25H46LiN3O8. The van der Waals surface area contributed by atoms with Crippen LogP contribution in [-0.2, 0) is 19.1 Å². The first kappa shape index (κ1) is 37.3. The van der Waals surface area contributed by atoms with E-state index in [4.69, 9.17) is 4.74 Å². The molecule has 0 rings (SSSR count). The molecule has 0 aromatic heterocycles. The van der Waals surface area contributed by atoms with Crippen LogP contribution in [0.1, 0.15) is 88.0 Å². The number of amides is 3. The van der Waals surface area contributed by atoms with Crippen LogP contribution in [0.5, 0.6) is 0 Å². The van der Waals surface area contributed by atoms with Crippen molar-refractivity contribution in [3.8, 4) is 0 Å². The first-order valence-corrected chi connectivity index (χ1v) is 12.4. The number of ether oxygens (including phenoxy) is 1. The monoisotopic (exact) mass is 523 g/mol. The molecule has 5 N–H and O–H groups in total. The molecule has 0 spiro atoms. The Labute approximate surface area is 233 Å². The normalized spacial score (nSPS) is 15.2. The molecule has 4 atom stereocenters. The van der Waals surface area contributed by atoms with Crippen molar-refractivity contribution < 1.29 is 58.1 Å². The predicted molar refractivity (Wildman–Crippen MR) is 132 cm³/mol. The third kappa shape index (κ3) is 16.6. The fourth-order valence-electron chi connectivity index (χ4n) is 3.55. The van der Waals surface area contributed by atoms with Gasteiger partial charge in [-0.15, -0.1) is 0 Å². The maximum Gasteiger partial charge on any atom is 1.00 e. The zero-order chi connectivity index (χ0) is 28.4. The number of carbonyl (C=O) groups is 4. The van der Waals surface area contributed by atoms with E-state index in [-0.39, 0.29) is 37.1 Å². The van der Waals surface area contributed by atoms with Crippen molar-refractivity contribution in [2.24, 2.45) is 11.8 Å². The maximum absolute atomic E-state index is 12.9. The fraction of sp³-hybridized carbons (Fsp3) is 0.840. The fourth-order valence-corrected chi connectivity index (χ4v) is 3.55. The number of aliphatic hydroxyl groups excluding tert-OH is 2. The van der Waals surface area contributed by atoms with Crippen molar-refractivity contribution in [2.45, 2.75) is 123 Å². The van der Waals surface area contributed by atoms with E-state index in [2.05, 4.69) is 16.0 Å². The van der Waals surface area contributed by atoms with E-state index in [0.29, 0.717) is 12.8 Å². The summed E-state index contributed by atoms with van der Waals surface area (Å²) in [6.45, 7) is 15.6. The first-order chi connectivity index (χ1) is 16.2. The van der Waals surface area contributed by atoms with Gasteiger partial charge in [0, 0.05) is 12.4 Å². The van der Waals surface area contributed by atoms with Gasteiger partial charge in [-0.2, -0.15) is 0 Å². The van der Waals surface area contributed by atoms with Gasteiger partial charge in [-0.25, -0.2) is 4.79 Å². The van der Waals surface area contributed by atoms with E-state index >= 15 is 0 Å². The molecule has 0 saturated carbocycles. The summed E-state index contributed by atoms with van der Waals surface area (Å²) in [6, 6.07) is -1.61. The van der Waals surface area contributed by atoms with Crippen LogP contribution in [0.25, 0.3) is 0 Å². The molecule has 0 aliphatic rings. The number of rotatable bonds is 14. The molecule has 0 heterocycles. The third-order valence-electron chi connectivity index (χ3n) is 5.19. The van der Waals surface area contributed by atoms with Crippen molar-refractivity contribution >= 4 is 23.9 Å². The Bertz CT molecular complexity index is 753. The Morgan fingerprint density at radius 1 is 0.811 bits per heavy atom. The van der Waals surface area contributed by atoms with Crippen LogP contribution in [0.4, 0.5) is 4.79 Å². The Morgan fingerprint density at radius 2 is 1.24 bits per heavy atom. The standard InChI is InChI=1S/C25H47N3O8.Li/c1-14(2)10-16(19(30)13-21(32)33)26-22(34)25(8,9)28-20(31)12-18(29)17(11-15(3)4)27-23(35)36-24(5,6)7;/h14-19,29-30H,10-13H2,1-9H3,(H,26,34)(H,27,35)(H,28,31)(H,32,33);/q;+1/p-1/t16?,17-,18-,19-;/m0./s1. The van der Waals surface area contributed by atoms with E-state index in [1.54, 1.807) is 20.8 Å². The minimum Gasteiger partial charge on any atom is -0.550 e. The number of hydrogen-bond acceptors (Lipinski definition) is 8. The van der Waals surface area contributed by atoms with Gasteiger partial charge in [-0.3, -0.25) is 9.59 Å². The van der Waals surface area contributed by atoms with Gasteiger partial charge in [-0.05, 0) is 59.3 Å². The van der Waals surface area contributed by atoms with Crippen LogP contribution >= 0.6 is 0 Å². The van der Waals surface area contributed by atoms with Crippen LogP contribution in [0.3, 0.4) is 0 Å². The van der Waals surface area contributed by atoms with E-state index in [0.717, 1.165) is 0 Å². The summed E-state index contributed by atoms with van der Waals surface area (Å²) in [4.78, 5) is 48.7. The second-order valence-electron chi connectivity index (χ2n) is 11.7. The SMILES string of the molecule is CC(C)CC(NC(=O)C(C)(C)NC(=O)C[C@H](O)[C@H](CC(C)C)NC(=O)OC(C)(C)C)[C@@H](O)CC(=O)[O-].[Li+]. The molecule has 0 radical (unpaired) electrons. The molecule has 210 valence electrons. The summed E-state index contributed by atoms with van der Waals surface area (Å²) >= 11 is 0. The van der Waals surface area contributed by atoms with Crippen molar-refractivity contribution in [3.63, 3.8) is 0 Å². The summed E-state index contributed by atoms with van der Waals surface area (Å²) in [5, 5.41) is 39.6. The number of carboxylic acid groups (broad SMARTS) is 1. The molecule has 1 unspecified atom stereocenters. The Hall–Kier alpha value is -1.80. The number of hydrogen-bond donors (Lipinski definition) is 5. The topological polar surface area (TPSA) is 177 Å². The van der Waals surface area contributed by atoms with Crippen LogP contribution in [0.15, 0.2) is 0 Å². The molecule has 0 fully saturated rings. The average molecular weight is 524 g/mol. The number of carbonyl (C=O) groups excluding carboxylic acids is 4. The van der Waals surface area contributed by atoms with E-state index in [1.165, 1.54) is 13.8 Å². The van der Waals surface area contributed by atoms with Gasteiger partial charge in [0.25, 0.3) is 0 Å². The van der Waals surface area contributed by atoms with Gasteiger partial charge >= 0.3 is 25.0 Å². The molecule has 0 bridgehead atoms. The summed E-state index contributed by atoms with van der Waals surface area (Å²) in [6.07, 6.45) is -3.62. The summed E-state index contributed by atoms with van der Waals surface area (Å²) in [5.41, 5.74) is -2.16. The summed E-state index contributed by atoms with van der Waals surface area (Å²) in [7, 11) is 0. The van der Waals surface area contributed by atoms with Crippen LogP contribution in [-0.4, -0.2) is 69.5 Å². The van der Waals surface area contributed by atoms with E-state index in [9.17, 15) is 34.5 Å². The first-order valence-electron chi connectivity index (χ1n) is 12.4. The van der Waals surface area contributed by atoms with Crippen molar-refractivity contribution in [3.05, 3.63) is 0 Å². The summed E-state index contributed by atoms with van der Waals surface area (Å²) < 4.78 is 5.25. The zero-order valence-corrected chi connectivity index (χ0v) is 24.1. The molecule has 0 aromatic carbocycles. The van der Waals surface area contributed by atoms with Crippen LogP contribution < -0.4 is 39.9 Å². The van der Waals surface area contributed by atoms with Gasteiger partial charge < -0.3 is 40.8 Å². The van der Waals surface area contributed by atoms with Gasteiger partial charge in [0.15, 0.2) is 0 Å². The minimum absolute atomic E-state index is 0. The molecule has 3 amide bonds. The second kappa shape index (κ2) is 16.2. The van der Waals surface area contributed by atoms with Gasteiger partial charge in [0.2, 0.25) is 11.8 Å². The maximum atomic E-state index is 12.9. The molecule has 0 saturated heterocycles. The molecule has 0 aliphatic heterocycles. The average Bonchev–Trinajstić information content (AvgIpc) is 2.63. The van der Waals surface area contributed by atoms with Crippen LogP contribution in [0.2, 0.25) is 0 Å².